The van der Waals surface area contributed by atoms with Crippen LogP contribution in [-0.2, 0) is 9.84 Å². The maximum atomic E-state index is 13.2. The van der Waals surface area contributed by atoms with Gasteiger partial charge in [-0.15, -0.1) is 0 Å². The minimum Gasteiger partial charge on any atom is -0.313 e. The summed E-state index contributed by atoms with van der Waals surface area (Å²) in [7, 11) is -3.63. The third-order valence-electron chi connectivity index (χ3n) is 4.90. The quantitative estimate of drug-likeness (QED) is 0.433. The van der Waals surface area contributed by atoms with Crippen LogP contribution in [0.2, 0.25) is 5.02 Å². The predicted octanol–water partition coefficient (Wildman–Crippen LogP) is 4.46. The maximum Gasteiger partial charge on any atom is 0.327 e. The average Bonchev–Trinajstić information content (AvgIpc) is 3.13. The zero-order valence-corrected chi connectivity index (χ0v) is 21.0. The number of hydrogen-bond acceptors (Lipinski definition) is 7. The molecule has 0 saturated carbocycles. The number of carbonyl (C=O) groups excluding carboxylic acids is 2. The smallest absolute Gasteiger partial charge is 0.313 e. The van der Waals surface area contributed by atoms with Crippen LogP contribution in [-0.4, -0.2) is 42.7 Å². The molecular weight excluding hydrogens is 484 g/mol. The van der Waals surface area contributed by atoms with Crippen LogP contribution in [0.3, 0.4) is 0 Å². The molecule has 1 aromatic heterocycles. The van der Waals surface area contributed by atoms with Crippen molar-refractivity contribution in [1.82, 2.24) is 15.6 Å². The topological polar surface area (TPSA) is 117 Å². The van der Waals surface area contributed by atoms with Crippen LogP contribution in [0, 0.1) is 0 Å². The Morgan fingerprint density at radius 1 is 1.15 bits per heavy atom. The van der Waals surface area contributed by atoms with Gasteiger partial charge in [-0.1, -0.05) is 48.9 Å². The maximum absolute atomic E-state index is 13.2. The molecule has 0 bridgehead atoms. The standard InChI is InChI=1S/C22H25ClN4O4S2/c1-13(2)24-12-22(3,4)33(30,31)14-9-10-17-18(11-14)32-21(25-17)27-20(29)26-19(28)15-7-5-6-8-16(15)23/h5-11,13,24H,12H2,1-4H3,(H2,25,26,27,28,29). The number of urea groups is 1. The number of rotatable bonds is 7. The van der Waals surface area contributed by atoms with Crippen molar-refractivity contribution in [3.63, 3.8) is 0 Å². The highest BCUT2D eigenvalue weighted by Gasteiger charge is 2.36. The molecule has 0 aliphatic heterocycles. The molecule has 2 aromatic carbocycles. The number of fused-ring (bicyclic) bond motifs is 1. The number of imide groups is 1. The van der Waals surface area contributed by atoms with E-state index in [0.29, 0.717) is 16.8 Å². The monoisotopic (exact) mass is 508 g/mol. The van der Waals surface area contributed by atoms with Crippen molar-refractivity contribution in [2.75, 3.05) is 11.9 Å². The number of carbonyl (C=O) groups is 2. The van der Waals surface area contributed by atoms with Gasteiger partial charge in [0.05, 0.1) is 30.4 Å². The third kappa shape index (κ3) is 5.70. The Labute approximate surface area is 201 Å². The molecule has 11 heteroatoms. The Hall–Kier alpha value is -2.53. The van der Waals surface area contributed by atoms with Gasteiger partial charge in [-0.2, -0.15) is 0 Å². The van der Waals surface area contributed by atoms with Crippen molar-refractivity contribution >= 4 is 60.1 Å². The number of benzene rings is 2. The summed E-state index contributed by atoms with van der Waals surface area (Å²) in [5.41, 5.74) is 0.702. The van der Waals surface area contributed by atoms with Gasteiger partial charge in [0.2, 0.25) is 0 Å². The van der Waals surface area contributed by atoms with Gasteiger partial charge in [0, 0.05) is 12.6 Å². The molecule has 0 atom stereocenters. The number of anilines is 1. The van der Waals surface area contributed by atoms with E-state index >= 15 is 0 Å². The molecule has 0 saturated heterocycles. The predicted molar refractivity (Wildman–Crippen MR) is 132 cm³/mol. The number of amides is 3. The van der Waals surface area contributed by atoms with Gasteiger partial charge in [0.15, 0.2) is 15.0 Å². The molecule has 3 amide bonds. The van der Waals surface area contributed by atoms with Crippen molar-refractivity contribution < 1.29 is 18.0 Å². The molecule has 0 fully saturated rings. The van der Waals surface area contributed by atoms with Gasteiger partial charge in [0.25, 0.3) is 5.91 Å². The molecular formula is C22H25ClN4O4S2. The average molecular weight is 509 g/mol. The van der Waals surface area contributed by atoms with E-state index in [1.54, 1.807) is 44.2 Å². The normalized spacial score (nSPS) is 12.2. The van der Waals surface area contributed by atoms with E-state index in [1.807, 2.05) is 13.8 Å². The van der Waals surface area contributed by atoms with Crippen LogP contribution in [0.4, 0.5) is 9.93 Å². The molecule has 0 unspecified atom stereocenters. The summed E-state index contributed by atoms with van der Waals surface area (Å²) in [6.45, 7) is 7.58. The first-order valence-electron chi connectivity index (χ1n) is 10.2. The molecule has 0 radical (unpaired) electrons. The Morgan fingerprint density at radius 2 is 1.85 bits per heavy atom. The van der Waals surface area contributed by atoms with Crippen molar-refractivity contribution in [2.24, 2.45) is 0 Å². The van der Waals surface area contributed by atoms with Crippen LogP contribution in [0.5, 0.6) is 0 Å². The van der Waals surface area contributed by atoms with E-state index in [4.69, 9.17) is 11.6 Å². The van der Waals surface area contributed by atoms with E-state index in [0.717, 1.165) is 11.3 Å². The van der Waals surface area contributed by atoms with Crippen molar-refractivity contribution in [2.45, 2.75) is 43.4 Å². The second-order valence-corrected chi connectivity index (χ2v) is 12.4. The number of sulfone groups is 1. The minimum absolute atomic E-state index is 0.160. The van der Waals surface area contributed by atoms with Crippen molar-refractivity contribution in [3.05, 3.63) is 53.1 Å². The van der Waals surface area contributed by atoms with Crippen LogP contribution < -0.4 is 16.0 Å². The molecule has 3 N–H and O–H groups in total. The molecule has 8 nitrogen and oxygen atoms in total. The summed E-state index contributed by atoms with van der Waals surface area (Å²) in [5.74, 6) is -0.648. The van der Waals surface area contributed by atoms with E-state index in [1.165, 1.54) is 12.1 Å². The Bertz CT molecular complexity index is 1300. The van der Waals surface area contributed by atoms with Gasteiger partial charge in [-0.3, -0.25) is 15.4 Å². The highest BCUT2D eigenvalue weighted by molar-refractivity contribution is 7.92. The SMILES string of the molecule is CC(C)NCC(C)(C)S(=O)(=O)c1ccc2nc(NC(=O)NC(=O)c3ccccc3Cl)sc2c1. The lowest BCUT2D eigenvalue weighted by atomic mass is 10.2. The van der Waals surface area contributed by atoms with Crippen LogP contribution in [0.1, 0.15) is 38.1 Å². The summed E-state index contributed by atoms with van der Waals surface area (Å²) in [6, 6.07) is 10.4. The lowest BCUT2D eigenvalue weighted by Gasteiger charge is -2.26. The molecule has 3 aromatic rings. The molecule has 1 heterocycles. The highest BCUT2D eigenvalue weighted by Crippen LogP contribution is 2.32. The van der Waals surface area contributed by atoms with Crippen LogP contribution in [0.15, 0.2) is 47.4 Å². The molecule has 0 spiro atoms. The number of thiazole rings is 1. The highest BCUT2D eigenvalue weighted by atomic mass is 35.5. The number of halogens is 1. The minimum atomic E-state index is -3.63. The van der Waals surface area contributed by atoms with E-state index in [2.05, 4.69) is 20.9 Å². The zero-order chi connectivity index (χ0) is 24.4. The van der Waals surface area contributed by atoms with Crippen LogP contribution >= 0.6 is 22.9 Å². The van der Waals surface area contributed by atoms with E-state index in [-0.39, 0.29) is 26.7 Å². The van der Waals surface area contributed by atoms with Crippen LogP contribution in [0.25, 0.3) is 10.2 Å². The lowest BCUT2D eigenvalue weighted by molar-refractivity contribution is 0.0967. The fraction of sp³-hybridized carbons (Fsp3) is 0.318. The summed E-state index contributed by atoms with van der Waals surface area (Å²) < 4.78 is 26.0. The largest absolute Gasteiger partial charge is 0.327 e. The lowest BCUT2D eigenvalue weighted by Crippen LogP contribution is -2.44. The number of aromatic nitrogens is 1. The molecule has 0 aliphatic carbocycles. The first-order valence-corrected chi connectivity index (χ1v) is 12.8. The van der Waals surface area contributed by atoms with Gasteiger partial charge >= 0.3 is 6.03 Å². The molecule has 3 rings (SSSR count). The fourth-order valence-electron chi connectivity index (χ4n) is 2.93. The van der Waals surface area contributed by atoms with E-state index in [9.17, 15) is 18.0 Å². The summed E-state index contributed by atoms with van der Waals surface area (Å²) in [4.78, 5) is 29.0. The van der Waals surface area contributed by atoms with Gasteiger partial charge in [-0.25, -0.2) is 18.2 Å². The second-order valence-electron chi connectivity index (χ2n) is 8.34. The Balaban J connectivity index is 1.76. The van der Waals surface area contributed by atoms with Gasteiger partial charge < -0.3 is 5.32 Å². The second kappa shape index (κ2) is 9.76. The third-order valence-corrected chi connectivity index (χ3v) is 8.64. The zero-order valence-electron chi connectivity index (χ0n) is 18.6. The summed E-state index contributed by atoms with van der Waals surface area (Å²) in [6.07, 6.45) is 0. The number of nitrogens with zero attached hydrogens (tertiary/aromatic N) is 1. The molecule has 176 valence electrons. The Kier molecular flexibility index (Phi) is 7.42. The number of hydrogen-bond donors (Lipinski definition) is 3. The van der Waals surface area contributed by atoms with Crippen molar-refractivity contribution in [3.8, 4) is 0 Å². The molecule has 33 heavy (non-hydrogen) atoms. The summed E-state index contributed by atoms with van der Waals surface area (Å²) >= 11 is 7.09. The summed E-state index contributed by atoms with van der Waals surface area (Å²) in [5, 5.41) is 8.33. The Morgan fingerprint density at radius 3 is 2.52 bits per heavy atom. The van der Waals surface area contributed by atoms with Gasteiger partial charge in [0.1, 0.15) is 0 Å². The number of nitrogens with one attached hydrogen (secondary N) is 3. The fourth-order valence-corrected chi connectivity index (χ4v) is 5.56. The molecule has 0 aliphatic rings. The van der Waals surface area contributed by atoms with Gasteiger partial charge in [-0.05, 0) is 44.2 Å². The first kappa shape index (κ1) is 25.1. The van der Waals surface area contributed by atoms with E-state index < -0.39 is 26.5 Å². The first-order chi connectivity index (χ1) is 15.4. The van der Waals surface area contributed by atoms with Crippen molar-refractivity contribution in [1.29, 1.82) is 0 Å².